The topological polar surface area (TPSA) is 118 Å². The van der Waals surface area contributed by atoms with Gasteiger partial charge in [-0.05, 0) is 49.8 Å². The van der Waals surface area contributed by atoms with Gasteiger partial charge in [-0.3, -0.25) is 9.59 Å². The molecule has 0 aliphatic heterocycles. The highest BCUT2D eigenvalue weighted by molar-refractivity contribution is 5.92. The second-order valence-corrected chi connectivity index (χ2v) is 11.0. The average Bonchev–Trinajstić information content (AvgIpc) is 3.56. The molecule has 0 radical (unpaired) electrons. The number of aromatic amines is 1. The number of rotatable bonds is 11. The number of nitrogens with zero attached hydrogens (tertiary/aromatic N) is 4. The molecule has 0 saturated heterocycles. The van der Waals surface area contributed by atoms with Crippen molar-refractivity contribution in [2.45, 2.75) is 95.2 Å². The van der Waals surface area contributed by atoms with Crippen molar-refractivity contribution in [3.8, 4) is 0 Å². The maximum atomic E-state index is 13.9. The van der Waals surface area contributed by atoms with Gasteiger partial charge in [0, 0.05) is 25.7 Å². The van der Waals surface area contributed by atoms with Crippen molar-refractivity contribution in [3.63, 3.8) is 0 Å². The second-order valence-electron chi connectivity index (χ2n) is 11.0. The summed E-state index contributed by atoms with van der Waals surface area (Å²) in [4.78, 5) is 33.7. The second kappa shape index (κ2) is 13.1. The summed E-state index contributed by atoms with van der Waals surface area (Å²) in [6.45, 7) is 1.44. The van der Waals surface area contributed by atoms with E-state index in [1.54, 1.807) is 25.1 Å². The van der Waals surface area contributed by atoms with Crippen molar-refractivity contribution < 1.29 is 44.7 Å². The molecule has 4 rings (SSSR count). The number of fused-ring (bicyclic) bond motifs is 1. The van der Waals surface area contributed by atoms with Gasteiger partial charge in [-0.15, -0.1) is 5.10 Å². The first-order valence-electron chi connectivity index (χ1n) is 14.0. The van der Waals surface area contributed by atoms with Crippen molar-refractivity contribution in [1.82, 2.24) is 35.6 Å². The van der Waals surface area contributed by atoms with E-state index in [0.717, 1.165) is 11.0 Å². The predicted octanol–water partition coefficient (Wildman–Crippen LogP) is 6.31. The Balaban J connectivity index is 1.51. The lowest BCUT2D eigenvalue weighted by Gasteiger charge is -2.33. The third-order valence-corrected chi connectivity index (χ3v) is 7.44. The number of aryl methyl sites for hydroxylation is 1. The van der Waals surface area contributed by atoms with Gasteiger partial charge in [-0.25, -0.2) is 13.8 Å². The summed E-state index contributed by atoms with van der Waals surface area (Å²) in [5, 5.41) is 13.1. The molecule has 242 valence electrons. The van der Waals surface area contributed by atoms with Gasteiger partial charge in [0.15, 0.2) is 5.69 Å². The number of alkyl halides is 8. The van der Waals surface area contributed by atoms with Crippen LogP contribution in [0.1, 0.15) is 92.3 Å². The third-order valence-electron chi connectivity index (χ3n) is 7.44. The number of carbonyl (C=O) groups is 2. The number of H-pyrrole nitrogens is 1. The smallest absolute Gasteiger partial charge is 0.350 e. The lowest BCUT2D eigenvalue weighted by molar-refractivity contribution is -0.144. The summed E-state index contributed by atoms with van der Waals surface area (Å²) >= 11 is 0. The lowest BCUT2D eigenvalue weighted by Crippen LogP contribution is -2.38. The minimum absolute atomic E-state index is 0.0748. The highest BCUT2D eigenvalue weighted by Crippen LogP contribution is 2.41. The molecule has 1 saturated carbocycles. The molecule has 3 N–H and O–H groups in total. The predicted molar refractivity (Wildman–Crippen MR) is 140 cm³/mol. The van der Waals surface area contributed by atoms with Crippen LogP contribution in [0, 0.1) is 5.92 Å². The monoisotopic (exact) mass is 637 g/mol. The van der Waals surface area contributed by atoms with E-state index in [4.69, 9.17) is 0 Å². The van der Waals surface area contributed by atoms with Crippen molar-refractivity contribution >= 4 is 22.8 Å². The molecule has 3 aromatic rings. The van der Waals surface area contributed by atoms with Crippen LogP contribution in [0.2, 0.25) is 0 Å². The van der Waals surface area contributed by atoms with Gasteiger partial charge in [0.25, 0.3) is 5.91 Å². The zero-order chi connectivity index (χ0) is 32.3. The Morgan fingerprint density at radius 3 is 2.41 bits per heavy atom. The number of hydrogen-bond acceptors (Lipinski definition) is 5. The fourth-order valence-corrected chi connectivity index (χ4v) is 5.07. The SMILES string of the molecule is C[C@@H](NC(=O)CCC(F)(F)F)c1ccc2nc([C@@H](NC(=O)c3cnn(CCCC(F)(F)F)n3)C3CCC(F)(F)CC3)[nH]c2c1. The zero-order valence-electron chi connectivity index (χ0n) is 23.5. The highest BCUT2D eigenvalue weighted by Gasteiger charge is 2.40. The van der Waals surface area contributed by atoms with Gasteiger partial charge in [-0.2, -0.15) is 36.2 Å². The zero-order valence-corrected chi connectivity index (χ0v) is 23.5. The lowest BCUT2D eigenvalue weighted by atomic mass is 9.81. The van der Waals surface area contributed by atoms with Crippen LogP contribution in [0.3, 0.4) is 0 Å². The quantitative estimate of drug-likeness (QED) is 0.213. The molecule has 0 bridgehead atoms. The van der Waals surface area contributed by atoms with Gasteiger partial charge in [0.1, 0.15) is 5.82 Å². The Morgan fingerprint density at radius 1 is 1.07 bits per heavy atom. The summed E-state index contributed by atoms with van der Waals surface area (Å²) in [5.74, 6) is -4.50. The van der Waals surface area contributed by atoms with Gasteiger partial charge in [0.05, 0.1) is 42.3 Å². The highest BCUT2D eigenvalue weighted by atomic mass is 19.4. The van der Waals surface area contributed by atoms with Gasteiger partial charge < -0.3 is 15.6 Å². The van der Waals surface area contributed by atoms with Crippen LogP contribution in [0.5, 0.6) is 0 Å². The molecule has 1 aromatic carbocycles. The first-order chi connectivity index (χ1) is 20.5. The molecule has 0 spiro atoms. The largest absolute Gasteiger partial charge is 0.389 e. The fourth-order valence-electron chi connectivity index (χ4n) is 5.07. The number of nitrogens with one attached hydrogen (secondary N) is 3. The van der Waals surface area contributed by atoms with Crippen LogP contribution in [-0.2, 0) is 11.3 Å². The number of hydrogen-bond donors (Lipinski definition) is 3. The van der Waals surface area contributed by atoms with Gasteiger partial charge >= 0.3 is 12.4 Å². The van der Waals surface area contributed by atoms with Crippen molar-refractivity contribution in [2.75, 3.05) is 0 Å². The average molecular weight is 638 g/mol. The van der Waals surface area contributed by atoms with E-state index in [-0.39, 0.29) is 37.3 Å². The molecule has 17 heteroatoms. The van der Waals surface area contributed by atoms with Crippen molar-refractivity contribution in [2.24, 2.45) is 5.92 Å². The van der Waals surface area contributed by atoms with Crippen LogP contribution >= 0.6 is 0 Å². The summed E-state index contributed by atoms with van der Waals surface area (Å²) in [7, 11) is 0. The van der Waals surface area contributed by atoms with E-state index in [9.17, 15) is 44.7 Å². The number of amides is 2. The van der Waals surface area contributed by atoms with Gasteiger partial charge in [-0.1, -0.05) is 6.07 Å². The Labute approximate surface area is 246 Å². The molecule has 1 fully saturated rings. The molecule has 9 nitrogen and oxygen atoms in total. The molecule has 1 aliphatic rings. The minimum Gasteiger partial charge on any atom is -0.350 e. The summed E-state index contributed by atoms with van der Waals surface area (Å²) < 4.78 is 103. The number of halogens is 8. The Hall–Kier alpha value is -3.79. The molecule has 1 aliphatic carbocycles. The molecule has 2 aromatic heterocycles. The summed E-state index contributed by atoms with van der Waals surface area (Å²) in [6, 6.07) is 3.39. The molecule has 44 heavy (non-hydrogen) atoms. The maximum Gasteiger partial charge on any atom is 0.389 e. The Morgan fingerprint density at radius 2 is 1.75 bits per heavy atom. The standard InChI is InChI=1S/C27H31F8N7O2/c1-15(37-21(43)7-11-27(33,34)35)17-3-4-18-19(13-17)39-23(38-18)22(16-5-9-25(28,29)10-6-16)40-24(44)20-14-36-42(41-20)12-2-8-26(30,31)32/h3-4,13-16,22H,2,5-12H2,1H3,(H,37,43)(H,38,39)(H,40,44)/t15-,22+/m1/s1. The van der Waals surface area contributed by atoms with Crippen LogP contribution in [0.25, 0.3) is 11.0 Å². The summed E-state index contributed by atoms with van der Waals surface area (Å²) in [5.41, 5.74) is 1.32. The minimum atomic E-state index is -4.46. The van der Waals surface area contributed by atoms with E-state index < -0.39 is 80.2 Å². The first kappa shape index (κ1) is 33.1. The third kappa shape index (κ3) is 9.35. The van der Waals surface area contributed by atoms with Crippen molar-refractivity contribution in [1.29, 1.82) is 0 Å². The number of benzene rings is 1. The molecule has 2 amide bonds. The van der Waals surface area contributed by atoms with Crippen LogP contribution in [0.15, 0.2) is 24.4 Å². The normalized spacial score (nSPS) is 17.4. The molecule has 2 atom stereocenters. The number of carbonyl (C=O) groups excluding carboxylic acids is 2. The van der Waals surface area contributed by atoms with E-state index in [2.05, 4.69) is 30.8 Å². The maximum absolute atomic E-state index is 13.9. The molecule has 0 unspecified atom stereocenters. The van der Waals surface area contributed by atoms with Gasteiger partial charge in [0.2, 0.25) is 11.8 Å². The number of imidazole rings is 1. The van der Waals surface area contributed by atoms with Crippen LogP contribution in [0.4, 0.5) is 35.1 Å². The van der Waals surface area contributed by atoms with E-state index in [1.165, 1.54) is 0 Å². The number of aromatic nitrogens is 5. The molecule has 2 heterocycles. The summed E-state index contributed by atoms with van der Waals surface area (Å²) in [6.07, 6.45) is -11.6. The Kier molecular flexibility index (Phi) is 9.83. The van der Waals surface area contributed by atoms with Crippen LogP contribution in [-0.4, -0.2) is 55.1 Å². The Bertz CT molecular complexity index is 1440. The van der Waals surface area contributed by atoms with E-state index in [0.29, 0.717) is 16.6 Å². The fraction of sp³-hybridized carbons (Fsp3) is 0.593. The van der Waals surface area contributed by atoms with Crippen LogP contribution < -0.4 is 10.6 Å². The van der Waals surface area contributed by atoms with E-state index >= 15 is 0 Å². The van der Waals surface area contributed by atoms with E-state index in [1.807, 2.05) is 0 Å². The van der Waals surface area contributed by atoms with Crippen molar-refractivity contribution in [3.05, 3.63) is 41.5 Å². The molecular formula is C27H31F8N7O2. The molecular weight excluding hydrogens is 606 g/mol. The first-order valence-corrected chi connectivity index (χ1v) is 14.0.